The zero-order chi connectivity index (χ0) is 11.1. The lowest BCUT2D eigenvalue weighted by Gasteiger charge is -2.36. The number of nitrogens with zero attached hydrogens (tertiary/aromatic N) is 2. The third-order valence-corrected chi connectivity index (χ3v) is 3.04. The summed E-state index contributed by atoms with van der Waals surface area (Å²) in [6.45, 7) is 0. The average molecular weight is 315 g/mol. The Kier molecular flexibility index (Phi) is 3.87. The second-order valence-corrected chi connectivity index (χ2v) is 4.77. The molecule has 1 aliphatic carbocycles. The number of halogens is 4. The van der Waals surface area contributed by atoms with Crippen molar-refractivity contribution in [2.24, 2.45) is 5.73 Å². The molecule has 0 amide bonds. The summed E-state index contributed by atoms with van der Waals surface area (Å²) >= 11 is 2.26. The molecule has 3 nitrogen and oxygen atoms in total. The van der Waals surface area contributed by atoms with Crippen LogP contribution in [0.4, 0.5) is 8.78 Å². The van der Waals surface area contributed by atoms with Gasteiger partial charge in [-0.2, -0.15) is 8.78 Å². The third kappa shape index (κ3) is 2.49. The maximum absolute atomic E-state index is 12.9. The average Bonchev–Trinajstić information content (AvgIpc) is 2.13. The molecule has 1 fully saturated rings. The van der Waals surface area contributed by atoms with Gasteiger partial charge >= 0.3 is 4.83 Å². The van der Waals surface area contributed by atoms with Crippen LogP contribution in [0.3, 0.4) is 0 Å². The van der Waals surface area contributed by atoms with Crippen molar-refractivity contribution in [1.29, 1.82) is 0 Å². The maximum atomic E-state index is 12.9. The highest BCUT2D eigenvalue weighted by molar-refractivity contribution is 9.09. The minimum atomic E-state index is -3.12. The Bertz CT molecular complexity index is 379. The fraction of sp³-hybridized carbons (Fsp3) is 0.556. The number of nitrogens with two attached hydrogens (primary N) is 1. The van der Waals surface area contributed by atoms with Gasteiger partial charge in [0.25, 0.3) is 0 Å². The Morgan fingerprint density at radius 1 is 1.44 bits per heavy atom. The van der Waals surface area contributed by atoms with Crippen LogP contribution >= 0.6 is 28.3 Å². The van der Waals surface area contributed by atoms with Gasteiger partial charge in [0.1, 0.15) is 11.5 Å². The van der Waals surface area contributed by atoms with E-state index >= 15 is 0 Å². The SMILES string of the molecule is Cl.NC1(c2nccc(C(F)(F)Br)n2)CCC1. The van der Waals surface area contributed by atoms with Crippen LogP contribution in [0.2, 0.25) is 0 Å². The quantitative estimate of drug-likeness (QED) is 0.854. The molecule has 1 aliphatic rings. The molecule has 7 heteroatoms. The van der Waals surface area contributed by atoms with Crippen molar-refractivity contribution in [3.63, 3.8) is 0 Å². The van der Waals surface area contributed by atoms with Crippen LogP contribution in [0, 0.1) is 0 Å². The topological polar surface area (TPSA) is 51.8 Å². The van der Waals surface area contributed by atoms with Crippen molar-refractivity contribution < 1.29 is 8.78 Å². The summed E-state index contributed by atoms with van der Waals surface area (Å²) in [5, 5.41) is 0. The summed E-state index contributed by atoms with van der Waals surface area (Å²) in [6, 6.07) is 1.18. The summed E-state index contributed by atoms with van der Waals surface area (Å²) < 4.78 is 25.9. The lowest BCUT2D eigenvalue weighted by Crippen LogP contribution is -2.45. The first-order chi connectivity index (χ1) is 6.92. The molecular formula is C9H11BrClF2N3. The first-order valence-electron chi connectivity index (χ1n) is 4.61. The second-order valence-electron chi connectivity index (χ2n) is 3.77. The predicted octanol–water partition coefficient (Wildman–Crippen LogP) is 2.68. The van der Waals surface area contributed by atoms with E-state index in [0.717, 1.165) is 19.3 Å². The Morgan fingerprint density at radius 2 is 2.06 bits per heavy atom. The van der Waals surface area contributed by atoms with E-state index in [1.807, 2.05) is 0 Å². The largest absolute Gasteiger partial charge is 0.343 e. The molecule has 2 N–H and O–H groups in total. The van der Waals surface area contributed by atoms with Gasteiger partial charge in [0.05, 0.1) is 5.54 Å². The summed E-state index contributed by atoms with van der Waals surface area (Å²) in [5.41, 5.74) is 5.00. The van der Waals surface area contributed by atoms with Gasteiger partial charge in [0.15, 0.2) is 0 Å². The van der Waals surface area contributed by atoms with Gasteiger partial charge in [0, 0.05) is 6.20 Å². The first kappa shape index (κ1) is 13.7. The van der Waals surface area contributed by atoms with Crippen LogP contribution in [-0.4, -0.2) is 9.97 Å². The highest BCUT2D eigenvalue weighted by Crippen LogP contribution is 2.38. The molecule has 0 atom stereocenters. The van der Waals surface area contributed by atoms with Crippen LogP contribution in [-0.2, 0) is 10.4 Å². The monoisotopic (exact) mass is 313 g/mol. The first-order valence-corrected chi connectivity index (χ1v) is 5.41. The molecule has 16 heavy (non-hydrogen) atoms. The lowest BCUT2D eigenvalue weighted by molar-refractivity contribution is 0.107. The van der Waals surface area contributed by atoms with Crippen molar-refractivity contribution >= 4 is 28.3 Å². The Morgan fingerprint density at radius 3 is 2.50 bits per heavy atom. The number of rotatable bonds is 2. The van der Waals surface area contributed by atoms with E-state index < -0.39 is 10.4 Å². The maximum Gasteiger partial charge on any atom is 0.343 e. The van der Waals surface area contributed by atoms with E-state index in [4.69, 9.17) is 5.73 Å². The van der Waals surface area contributed by atoms with E-state index in [9.17, 15) is 8.78 Å². The van der Waals surface area contributed by atoms with Crippen molar-refractivity contribution in [2.75, 3.05) is 0 Å². The van der Waals surface area contributed by atoms with Crippen LogP contribution in [0.15, 0.2) is 12.3 Å². The standard InChI is InChI=1S/C9H10BrF2N3.ClH/c10-9(11,12)6-2-5-14-7(15-6)8(13)3-1-4-8;/h2,5H,1,3-4,13H2;1H. The van der Waals surface area contributed by atoms with Gasteiger partial charge in [-0.25, -0.2) is 9.97 Å². The zero-order valence-corrected chi connectivity index (χ0v) is 10.7. The summed E-state index contributed by atoms with van der Waals surface area (Å²) in [6.07, 6.45) is 3.82. The van der Waals surface area contributed by atoms with Crippen LogP contribution < -0.4 is 5.73 Å². The Hall–Kier alpha value is -0.330. The van der Waals surface area contributed by atoms with E-state index in [2.05, 4.69) is 25.9 Å². The molecule has 90 valence electrons. The molecule has 1 heterocycles. The molecule has 0 radical (unpaired) electrons. The van der Waals surface area contributed by atoms with Gasteiger partial charge in [-0.1, -0.05) is 0 Å². The van der Waals surface area contributed by atoms with Crippen LogP contribution in [0.1, 0.15) is 30.8 Å². The zero-order valence-electron chi connectivity index (χ0n) is 8.29. The van der Waals surface area contributed by atoms with Crippen molar-refractivity contribution in [1.82, 2.24) is 9.97 Å². The number of hydrogen-bond donors (Lipinski definition) is 1. The predicted molar refractivity (Wildman–Crippen MR) is 61.8 cm³/mol. The number of hydrogen-bond acceptors (Lipinski definition) is 3. The molecule has 0 aromatic carbocycles. The smallest absolute Gasteiger partial charge is 0.319 e. The molecule has 0 saturated heterocycles. The third-order valence-electron chi connectivity index (χ3n) is 2.64. The molecular weight excluding hydrogens is 303 g/mol. The minimum absolute atomic E-state index is 0. The number of aromatic nitrogens is 2. The van der Waals surface area contributed by atoms with E-state index in [0.29, 0.717) is 5.82 Å². The fourth-order valence-corrected chi connectivity index (χ4v) is 1.76. The molecule has 1 saturated carbocycles. The normalized spacial score (nSPS) is 18.5. The second kappa shape index (κ2) is 4.50. The summed E-state index contributed by atoms with van der Waals surface area (Å²) in [4.78, 5) is 4.64. The summed E-state index contributed by atoms with van der Waals surface area (Å²) in [7, 11) is 0. The van der Waals surface area contributed by atoms with Gasteiger partial charge in [0.2, 0.25) is 0 Å². The number of alkyl halides is 3. The molecule has 1 aromatic heterocycles. The molecule has 1 aromatic rings. The van der Waals surface area contributed by atoms with Crippen LogP contribution in [0.5, 0.6) is 0 Å². The molecule has 0 spiro atoms. The fourth-order valence-electron chi connectivity index (χ4n) is 1.54. The highest BCUT2D eigenvalue weighted by atomic mass is 79.9. The van der Waals surface area contributed by atoms with Gasteiger partial charge in [-0.15, -0.1) is 12.4 Å². The van der Waals surface area contributed by atoms with Crippen molar-refractivity contribution in [3.8, 4) is 0 Å². The minimum Gasteiger partial charge on any atom is -0.319 e. The van der Waals surface area contributed by atoms with Gasteiger partial charge < -0.3 is 5.73 Å². The Labute approximate surface area is 106 Å². The van der Waals surface area contributed by atoms with E-state index in [1.54, 1.807) is 0 Å². The molecule has 0 bridgehead atoms. The molecule has 0 aliphatic heterocycles. The van der Waals surface area contributed by atoms with Gasteiger partial charge in [-0.3, -0.25) is 0 Å². The highest BCUT2D eigenvalue weighted by Gasteiger charge is 2.39. The Balaban J connectivity index is 0.00000128. The summed E-state index contributed by atoms with van der Waals surface area (Å²) in [5.74, 6) is 0.311. The molecule has 2 rings (SSSR count). The van der Waals surface area contributed by atoms with Crippen molar-refractivity contribution in [2.45, 2.75) is 29.6 Å². The van der Waals surface area contributed by atoms with Crippen molar-refractivity contribution in [3.05, 3.63) is 23.8 Å². The van der Waals surface area contributed by atoms with Gasteiger partial charge in [-0.05, 0) is 41.3 Å². The van der Waals surface area contributed by atoms with E-state index in [1.165, 1.54) is 12.3 Å². The van der Waals surface area contributed by atoms with E-state index in [-0.39, 0.29) is 18.1 Å². The lowest BCUT2D eigenvalue weighted by atomic mass is 9.77. The molecule has 0 unspecified atom stereocenters. The van der Waals surface area contributed by atoms with Crippen LogP contribution in [0.25, 0.3) is 0 Å².